The van der Waals surface area contributed by atoms with Crippen molar-refractivity contribution in [3.8, 4) is 11.4 Å². The fraction of sp³-hybridized carbons (Fsp3) is 0.160. The van der Waals surface area contributed by atoms with Crippen molar-refractivity contribution in [2.45, 2.75) is 13.3 Å². The summed E-state index contributed by atoms with van der Waals surface area (Å²) in [5.41, 5.74) is 5.27. The van der Waals surface area contributed by atoms with Crippen LogP contribution in [-0.4, -0.2) is 29.0 Å². The number of carbonyl (C=O) groups excluding carboxylic acids is 1. The van der Waals surface area contributed by atoms with E-state index < -0.39 is 0 Å². The first-order valence-corrected chi connectivity index (χ1v) is 11.4. The summed E-state index contributed by atoms with van der Waals surface area (Å²) in [7, 11) is 0. The molecule has 2 heterocycles. The molecule has 3 aromatic carbocycles. The lowest BCUT2D eigenvalue weighted by Crippen LogP contribution is -2.29. The van der Waals surface area contributed by atoms with Crippen LogP contribution in [0.4, 0.5) is 11.4 Å². The molecule has 0 aliphatic carbocycles. The zero-order chi connectivity index (χ0) is 21.9. The Bertz CT molecular complexity index is 1270. The number of rotatable bonds is 4. The quantitative estimate of drug-likeness (QED) is 0.423. The standard InChI is InChI=1S/C25H23N5OS/c1-17-7-10-20(15-22(17)24-26-16-19-5-2-3-6-23(19)29-24)28-25(31)18-8-11-21(12-9-18)30-14-4-13-27-32-30/h2-3,5-12,15-16,27H,4,13-14H2,1H3,(H,28,31). The van der Waals surface area contributed by atoms with Gasteiger partial charge in [-0.2, -0.15) is 0 Å². The van der Waals surface area contributed by atoms with Crippen LogP contribution in [0, 0.1) is 6.92 Å². The van der Waals surface area contributed by atoms with Crippen LogP contribution in [0.15, 0.2) is 72.9 Å². The van der Waals surface area contributed by atoms with E-state index >= 15 is 0 Å². The van der Waals surface area contributed by atoms with Gasteiger partial charge in [-0.1, -0.05) is 24.3 Å². The number of amides is 1. The second kappa shape index (κ2) is 8.98. The van der Waals surface area contributed by atoms with Crippen molar-refractivity contribution in [2.24, 2.45) is 0 Å². The minimum absolute atomic E-state index is 0.143. The van der Waals surface area contributed by atoms with Crippen molar-refractivity contribution in [1.29, 1.82) is 0 Å². The fourth-order valence-corrected chi connectivity index (χ4v) is 4.51. The highest BCUT2D eigenvalue weighted by Crippen LogP contribution is 2.27. The van der Waals surface area contributed by atoms with Gasteiger partial charge in [0.15, 0.2) is 5.82 Å². The number of benzene rings is 3. The lowest BCUT2D eigenvalue weighted by molar-refractivity contribution is 0.102. The Morgan fingerprint density at radius 1 is 1.09 bits per heavy atom. The van der Waals surface area contributed by atoms with Crippen LogP contribution in [0.5, 0.6) is 0 Å². The summed E-state index contributed by atoms with van der Waals surface area (Å²) in [4.78, 5) is 22.1. The van der Waals surface area contributed by atoms with Gasteiger partial charge >= 0.3 is 0 Å². The molecule has 4 aromatic rings. The lowest BCUT2D eigenvalue weighted by Gasteiger charge is -2.27. The predicted octanol–water partition coefficient (Wildman–Crippen LogP) is 5.22. The van der Waals surface area contributed by atoms with Crippen LogP contribution >= 0.6 is 12.1 Å². The van der Waals surface area contributed by atoms with Gasteiger partial charge in [-0.05, 0) is 61.4 Å². The van der Waals surface area contributed by atoms with Gasteiger partial charge in [-0.25, -0.2) is 14.7 Å². The molecule has 1 aliphatic rings. The van der Waals surface area contributed by atoms with E-state index in [0.29, 0.717) is 17.1 Å². The summed E-state index contributed by atoms with van der Waals surface area (Å²) in [6.07, 6.45) is 2.94. The van der Waals surface area contributed by atoms with Crippen LogP contribution in [0.3, 0.4) is 0 Å². The lowest BCUT2D eigenvalue weighted by atomic mass is 10.1. The second-order valence-corrected chi connectivity index (χ2v) is 8.64. The molecule has 6 nitrogen and oxygen atoms in total. The number of aryl methyl sites for hydroxylation is 1. The summed E-state index contributed by atoms with van der Waals surface area (Å²) in [5, 5.41) is 4.01. The molecule has 1 aliphatic heterocycles. The van der Waals surface area contributed by atoms with Gasteiger partial charge in [-0.3, -0.25) is 4.79 Å². The van der Waals surface area contributed by atoms with Crippen molar-refractivity contribution in [1.82, 2.24) is 14.7 Å². The maximum Gasteiger partial charge on any atom is 0.255 e. The Hall–Kier alpha value is -3.42. The average molecular weight is 442 g/mol. The molecule has 32 heavy (non-hydrogen) atoms. The molecule has 160 valence electrons. The highest BCUT2D eigenvalue weighted by Gasteiger charge is 2.14. The Balaban J connectivity index is 1.35. The third-order valence-corrected chi connectivity index (χ3v) is 6.40. The van der Waals surface area contributed by atoms with Gasteiger partial charge in [0.2, 0.25) is 0 Å². The zero-order valence-corrected chi connectivity index (χ0v) is 18.5. The van der Waals surface area contributed by atoms with E-state index in [1.165, 1.54) is 0 Å². The first-order chi connectivity index (χ1) is 15.7. The highest BCUT2D eigenvalue weighted by molar-refractivity contribution is 7.98. The third kappa shape index (κ3) is 4.30. The van der Waals surface area contributed by atoms with Crippen LogP contribution in [0.2, 0.25) is 0 Å². The molecule has 0 spiro atoms. The van der Waals surface area contributed by atoms with Crippen LogP contribution < -0.4 is 14.3 Å². The number of fused-ring (bicyclic) bond motifs is 1. The van der Waals surface area contributed by atoms with Crippen molar-refractivity contribution in [3.05, 3.63) is 84.1 Å². The molecule has 0 atom stereocenters. The molecule has 1 fully saturated rings. The number of carbonyl (C=O) groups is 1. The summed E-state index contributed by atoms with van der Waals surface area (Å²) in [6, 6.07) is 21.4. The van der Waals surface area contributed by atoms with E-state index in [2.05, 4.69) is 19.3 Å². The van der Waals surface area contributed by atoms with E-state index in [-0.39, 0.29) is 5.91 Å². The van der Waals surface area contributed by atoms with E-state index in [0.717, 1.165) is 47.2 Å². The predicted molar refractivity (Wildman–Crippen MR) is 132 cm³/mol. The SMILES string of the molecule is Cc1ccc(NC(=O)c2ccc(N3CCCNS3)cc2)cc1-c1ncc2ccccc2n1. The first kappa shape index (κ1) is 20.5. The molecular formula is C25H23N5OS. The van der Waals surface area contributed by atoms with Crippen molar-refractivity contribution >= 4 is 40.3 Å². The molecular weight excluding hydrogens is 418 g/mol. The van der Waals surface area contributed by atoms with Crippen molar-refractivity contribution < 1.29 is 4.79 Å². The molecule has 0 unspecified atom stereocenters. The van der Waals surface area contributed by atoms with Gasteiger partial charge < -0.3 is 9.62 Å². The maximum atomic E-state index is 12.8. The molecule has 0 bridgehead atoms. The third-order valence-electron chi connectivity index (χ3n) is 5.46. The Morgan fingerprint density at radius 3 is 2.75 bits per heavy atom. The Kier molecular flexibility index (Phi) is 5.75. The monoisotopic (exact) mass is 441 g/mol. The molecule has 5 rings (SSSR count). The van der Waals surface area contributed by atoms with E-state index in [1.54, 1.807) is 12.1 Å². The molecule has 1 aromatic heterocycles. The van der Waals surface area contributed by atoms with Gasteiger partial charge in [0.1, 0.15) is 0 Å². The molecule has 2 N–H and O–H groups in total. The number of nitrogens with one attached hydrogen (secondary N) is 2. The smallest absolute Gasteiger partial charge is 0.255 e. The largest absolute Gasteiger partial charge is 0.322 e. The van der Waals surface area contributed by atoms with Crippen LogP contribution in [0.1, 0.15) is 22.3 Å². The zero-order valence-electron chi connectivity index (χ0n) is 17.7. The Morgan fingerprint density at radius 2 is 1.94 bits per heavy atom. The number of para-hydroxylation sites is 1. The van der Waals surface area contributed by atoms with E-state index in [9.17, 15) is 4.79 Å². The van der Waals surface area contributed by atoms with Crippen LogP contribution in [0.25, 0.3) is 22.3 Å². The van der Waals surface area contributed by atoms with Crippen molar-refractivity contribution in [3.63, 3.8) is 0 Å². The number of aromatic nitrogens is 2. The van der Waals surface area contributed by atoms with Gasteiger partial charge in [0, 0.05) is 59.3 Å². The number of anilines is 2. The summed E-state index contributed by atoms with van der Waals surface area (Å²) in [6.45, 7) is 4.03. The van der Waals surface area contributed by atoms with Gasteiger partial charge in [0.25, 0.3) is 5.91 Å². The summed E-state index contributed by atoms with van der Waals surface area (Å²) >= 11 is 1.61. The number of hydrogen-bond acceptors (Lipinski definition) is 6. The molecule has 0 radical (unpaired) electrons. The maximum absolute atomic E-state index is 12.8. The fourth-order valence-electron chi connectivity index (χ4n) is 3.67. The molecule has 0 saturated carbocycles. The van der Waals surface area contributed by atoms with E-state index in [1.807, 2.05) is 79.9 Å². The van der Waals surface area contributed by atoms with Crippen LogP contribution in [-0.2, 0) is 0 Å². The van der Waals surface area contributed by atoms with Gasteiger partial charge in [0.05, 0.1) is 5.52 Å². The normalized spacial score (nSPS) is 13.8. The van der Waals surface area contributed by atoms with Gasteiger partial charge in [-0.15, -0.1) is 0 Å². The second-order valence-electron chi connectivity index (χ2n) is 7.72. The number of nitrogens with zero attached hydrogens (tertiary/aromatic N) is 3. The molecule has 7 heteroatoms. The summed E-state index contributed by atoms with van der Waals surface area (Å²) in [5.74, 6) is 0.504. The minimum atomic E-state index is -0.143. The van der Waals surface area contributed by atoms with Crippen molar-refractivity contribution in [2.75, 3.05) is 22.7 Å². The topological polar surface area (TPSA) is 70.2 Å². The molecule has 1 amide bonds. The van der Waals surface area contributed by atoms with E-state index in [4.69, 9.17) is 4.98 Å². The molecule has 1 saturated heterocycles. The highest BCUT2D eigenvalue weighted by atomic mass is 32.2. The average Bonchev–Trinajstić information content (AvgIpc) is 2.85. The minimum Gasteiger partial charge on any atom is -0.322 e. The number of hydrogen-bond donors (Lipinski definition) is 2. The first-order valence-electron chi connectivity index (χ1n) is 10.6. The summed E-state index contributed by atoms with van der Waals surface area (Å²) < 4.78 is 5.48. The Labute approximate surface area is 191 Å².